The lowest BCUT2D eigenvalue weighted by Gasteiger charge is -2.26. The monoisotopic (exact) mass is 506 g/mol. The van der Waals surface area contributed by atoms with Crippen LogP contribution >= 0.6 is 11.3 Å². The molecule has 0 spiro atoms. The van der Waals surface area contributed by atoms with Gasteiger partial charge in [-0.3, -0.25) is 19.1 Å². The number of thiazole rings is 1. The van der Waals surface area contributed by atoms with Crippen molar-refractivity contribution in [3.05, 3.63) is 87.6 Å². The van der Waals surface area contributed by atoms with Gasteiger partial charge in [0.2, 0.25) is 0 Å². The minimum absolute atomic E-state index is 0.00179. The molecule has 6 nitrogen and oxygen atoms in total. The molecule has 0 unspecified atom stereocenters. The molecule has 2 aromatic heterocycles. The number of hydrogen-bond donors (Lipinski definition) is 0. The second-order valence-electron chi connectivity index (χ2n) is 9.25. The molecule has 2 aromatic carbocycles. The topological polar surface area (TPSA) is 79.0 Å². The van der Waals surface area contributed by atoms with Gasteiger partial charge in [0, 0.05) is 29.1 Å². The number of rotatable bonds is 4. The fraction of sp³-hybridized carbons (Fsp3) is 0.200. The van der Waals surface area contributed by atoms with Crippen LogP contribution in [0.1, 0.15) is 36.2 Å². The van der Waals surface area contributed by atoms with Crippen molar-refractivity contribution in [3.8, 4) is 22.3 Å². The van der Waals surface area contributed by atoms with E-state index in [2.05, 4.69) is 32.9 Å². The van der Waals surface area contributed by atoms with Gasteiger partial charge < -0.3 is 0 Å². The van der Waals surface area contributed by atoms with Crippen molar-refractivity contribution in [1.82, 2.24) is 14.5 Å². The standard InChI is InChI=1S/C30H26N4O2S/c1-6-33-29(35)23(20(5)24(16-31)30(33)36)14-22-15-25-27(34(22)21-10-8-7-9-11-21)32-28(37-25)26-18(3)12-17(2)13-19(26)4/h7-15H,6H2,1-5H3/b23-14-. The summed E-state index contributed by atoms with van der Waals surface area (Å²) in [5.41, 5.74) is 7.93. The van der Waals surface area contributed by atoms with Crippen molar-refractivity contribution >= 4 is 39.6 Å². The second-order valence-corrected chi connectivity index (χ2v) is 10.3. The SMILES string of the molecule is CCN1C(=O)C(C#N)=C(C)/C(=C/c2cc3sc(-c4c(C)cc(C)cc4C)nc3n2-c2ccccc2)C1=O. The third-order valence-electron chi connectivity index (χ3n) is 6.72. The minimum atomic E-state index is -0.542. The van der Waals surface area contributed by atoms with Crippen LogP contribution in [-0.2, 0) is 9.59 Å². The van der Waals surface area contributed by atoms with Crippen LogP contribution in [0, 0.1) is 32.1 Å². The van der Waals surface area contributed by atoms with E-state index in [0.717, 1.165) is 37.2 Å². The molecule has 0 N–H and O–H groups in total. The van der Waals surface area contributed by atoms with Crippen LogP contribution in [0.5, 0.6) is 0 Å². The van der Waals surface area contributed by atoms with E-state index in [-0.39, 0.29) is 12.1 Å². The first-order valence-electron chi connectivity index (χ1n) is 12.1. The Labute approximate surface area is 219 Å². The number of aryl methyl sites for hydroxylation is 3. The number of nitriles is 1. The highest BCUT2D eigenvalue weighted by atomic mass is 32.1. The molecule has 0 aliphatic carbocycles. The summed E-state index contributed by atoms with van der Waals surface area (Å²) in [6.45, 7) is 9.90. The first-order valence-corrected chi connectivity index (χ1v) is 12.9. The molecule has 4 aromatic rings. The van der Waals surface area contributed by atoms with Crippen LogP contribution in [0.3, 0.4) is 0 Å². The summed E-state index contributed by atoms with van der Waals surface area (Å²) in [5.74, 6) is -0.938. The Balaban J connectivity index is 1.75. The lowest BCUT2D eigenvalue weighted by atomic mass is 9.94. The zero-order chi connectivity index (χ0) is 26.4. The predicted octanol–water partition coefficient (Wildman–Crippen LogP) is 6.29. The van der Waals surface area contributed by atoms with E-state index in [4.69, 9.17) is 4.98 Å². The Hall–Kier alpha value is -4.28. The Morgan fingerprint density at radius 3 is 2.30 bits per heavy atom. The maximum atomic E-state index is 13.3. The summed E-state index contributed by atoms with van der Waals surface area (Å²) in [5, 5.41) is 10.6. The Morgan fingerprint density at radius 2 is 1.68 bits per heavy atom. The van der Waals surface area contributed by atoms with Crippen LogP contribution in [0.15, 0.2) is 65.3 Å². The van der Waals surface area contributed by atoms with Crippen molar-refractivity contribution < 1.29 is 9.59 Å². The van der Waals surface area contributed by atoms with Crippen LogP contribution < -0.4 is 0 Å². The summed E-state index contributed by atoms with van der Waals surface area (Å²) >= 11 is 1.61. The van der Waals surface area contributed by atoms with Gasteiger partial charge in [0.1, 0.15) is 16.6 Å². The molecular formula is C30H26N4O2S. The number of likely N-dealkylation sites (N-methyl/N-ethyl adjacent to an activating group) is 1. The number of aromatic nitrogens is 2. The normalized spacial score (nSPS) is 15.2. The number of nitrogens with zero attached hydrogens (tertiary/aromatic N) is 4. The fourth-order valence-electron chi connectivity index (χ4n) is 5.04. The number of carbonyl (C=O) groups excluding carboxylic acids is 2. The number of carbonyl (C=O) groups is 2. The first kappa shape index (κ1) is 24.4. The summed E-state index contributed by atoms with van der Waals surface area (Å²) in [6.07, 6.45) is 1.77. The molecule has 0 saturated heterocycles. The molecule has 184 valence electrons. The van der Waals surface area contributed by atoms with Gasteiger partial charge in [-0.05, 0) is 75.6 Å². The molecule has 0 radical (unpaired) electrons. The van der Waals surface area contributed by atoms with Crippen LogP contribution in [0.2, 0.25) is 0 Å². The molecule has 7 heteroatoms. The quantitative estimate of drug-likeness (QED) is 0.241. The molecule has 1 aliphatic rings. The molecule has 0 atom stereocenters. The number of para-hydroxylation sites is 1. The van der Waals surface area contributed by atoms with E-state index in [1.54, 1.807) is 31.3 Å². The smallest absolute Gasteiger partial charge is 0.271 e. The number of benzene rings is 2. The number of hydrogen-bond acceptors (Lipinski definition) is 5. The molecule has 0 bridgehead atoms. The molecule has 1 aliphatic heterocycles. The molecule has 0 saturated carbocycles. The van der Waals surface area contributed by atoms with E-state index in [9.17, 15) is 14.9 Å². The predicted molar refractivity (Wildman–Crippen MR) is 147 cm³/mol. The van der Waals surface area contributed by atoms with Crippen LogP contribution in [-0.4, -0.2) is 32.8 Å². The molecular weight excluding hydrogens is 480 g/mol. The lowest BCUT2D eigenvalue weighted by Crippen LogP contribution is -2.42. The van der Waals surface area contributed by atoms with E-state index in [1.165, 1.54) is 16.7 Å². The minimum Gasteiger partial charge on any atom is -0.294 e. The average Bonchev–Trinajstić information content (AvgIpc) is 3.39. The van der Waals surface area contributed by atoms with Crippen molar-refractivity contribution in [2.75, 3.05) is 6.54 Å². The molecule has 0 fully saturated rings. The van der Waals surface area contributed by atoms with Crippen molar-refractivity contribution in [3.63, 3.8) is 0 Å². The van der Waals surface area contributed by atoms with E-state index in [1.807, 2.05) is 47.0 Å². The Kier molecular flexibility index (Phi) is 6.14. The van der Waals surface area contributed by atoms with Gasteiger partial charge in [0.25, 0.3) is 11.8 Å². The lowest BCUT2D eigenvalue weighted by molar-refractivity contribution is -0.140. The molecule has 2 amide bonds. The Morgan fingerprint density at radius 1 is 1.00 bits per heavy atom. The van der Waals surface area contributed by atoms with Gasteiger partial charge in [-0.2, -0.15) is 5.26 Å². The number of imide groups is 1. The molecule has 37 heavy (non-hydrogen) atoms. The van der Waals surface area contributed by atoms with Gasteiger partial charge in [-0.25, -0.2) is 4.98 Å². The van der Waals surface area contributed by atoms with Gasteiger partial charge in [0.15, 0.2) is 5.65 Å². The second kappa shape index (κ2) is 9.30. The highest BCUT2D eigenvalue weighted by Crippen LogP contribution is 2.38. The zero-order valence-electron chi connectivity index (χ0n) is 21.4. The summed E-state index contributed by atoms with van der Waals surface area (Å²) in [6, 6.07) is 18.2. The third-order valence-corrected chi connectivity index (χ3v) is 7.73. The van der Waals surface area contributed by atoms with Crippen molar-refractivity contribution in [2.45, 2.75) is 34.6 Å². The Bertz CT molecular complexity index is 1670. The van der Waals surface area contributed by atoms with Crippen molar-refractivity contribution in [2.24, 2.45) is 0 Å². The van der Waals surface area contributed by atoms with Gasteiger partial charge in [-0.15, -0.1) is 11.3 Å². The average molecular weight is 507 g/mol. The summed E-state index contributed by atoms with van der Waals surface area (Å²) < 4.78 is 3.01. The maximum absolute atomic E-state index is 13.3. The molecule has 5 rings (SSSR count). The summed E-state index contributed by atoms with van der Waals surface area (Å²) in [4.78, 5) is 32.1. The van der Waals surface area contributed by atoms with Crippen molar-refractivity contribution in [1.29, 1.82) is 5.26 Å². The van der Waals surface area contributed by atoms with Crippen LogP contribution in [0.4, 0.5) is 0 Å². The summed E-state index contributed by atoms with van der Waals surface area (Å²) in [7, 11) is 0. The van der Waals surface area contributed by atoms with Gasteiger partial charge in [0.05, 0.1) is 4.70 Å². The van der Waals surface area contributed by atoms with Gasteiger partial charge >= 0.3 is 0 Å². The van der Waals surface area contributed by atoms with Gasteiger partial charge in [-0.1, -0.05) is 35.9 Å². The number of amides is 2. The fourth-order valence-corrected chi connectivity index (χ4v) is 6.22. The van der Waals surface area contributed by atoms with E-state index < -0.39 is 11.8 Å². The highest BCUT2D eigenvalue weighted by Gasteiger charge is 2.34. The first-order chi connectivity index (χ1) is 17.7. The van der Waals surface area contributed by atoms with Crippen LogP contribution in [0.25, 0.3) is 32.7 Å². The number of fused-ring (bicyclic) bond motifs is 1. The zero-order valence-corrected chi connectivity index (χ0v) is 22.2. The maximum Gasteiger partial charge on any atom is 0.271 e. The van der Waals surface area contributed by atoms with E-state index in [0.29, 0.717) is 11.1 Å². The van der Waals surface area contributed by atoms with E-state index >= 15 is 0 Å². The largest absolute Gasteiger partial charge is 0.294 e. The third kappa shape index (κ3) is 4.00. The highest BCUT2D eigenvalue weighted by molar-refractivity contribution is 7.21. The molecule has 3 heterocycles.